The van der Waals surface area contributed by atoms with Gasteiger partial charge in [0.05, 0.1) is 11.3 Å². The summed E-state index contributed by atoms with van der Waals surface area (Å²) in [6.45, 7) is 1.28. The Labute approximate surface area is 98.9 Å². The quantitative estimate of drug-likeness (QED) is 0.764. The minimum absolute atomic E-state index is 0.0823. The van der Waals surface area contributed by atoms with E-state index in [-0.39, 0.29) is 23.2 Å². The van der Waals surface area contributed by atoms with Gasteiger partial charge in [-0.25, -0.2) is 4.39 Å². The first kappa shape index (κ1) is 11.9. The van der Waals surface area contributed by atoms with E-state index >= 15 is 0 Å². The molecule has 1 aromatic carbocycles. The molecule has 0 bridgehead atoms. The Morgan fingerprint density at radius 3 is 2.82 bits per heavy atom. The zero-order chi connectivity index (χ0) is 12.3. The number of carbonyl (C=O) groups is 1. The van der Waals surface area contributed by atoms with Gasteiger partial charge in [0.25, 0.3) is 5.91 Å². The molecule has 0 radical (unpaired) electrons. The largest absolute Gasteiger partial charge is 0.396 e. The molecule has 3 N–H and O–H groups in total. The van der Waals surface area contributed by atoms with Crippen LogP contribution in [-0.4, -0.2) is 25.2 Å². The third kappa shape index (κ3) is 2.74. The Hall–Kier alpha value is -1.62. The van der Waals surface area contributed by atoms with Gasteiger partial charge in [-0.3, -0.25) is 4.79 Å². The zero-order valence-electron chi connectivity index (χ0n) is 9.41. The molecule has 17 heavy (non-hydrogen) atoms. The first-order chi connectivity index (χ1) is 8.18. The standard InChI is InChI=1S/C12H15FN2O2/c13-10-3-1-2-9(11(10)14)12(16)15-8-4-6-17-7-5-8/h1-3,8H,4-7,14H2,(H,15,16). The van der Waals surface area contributed by atoms with Crippen molar-refractivity contribution >= 4 is 11.6 Å². The van der Waals surface area contributed by atoms with E-state index < -0.39 is 5.82 Å². The topological polar surface area (TPSA) is 64.4 Å². The highest BCUT2D eigenvalue weighted by atomic mass is 19.1. The van der Waals surface area contributed by atoms with Crippen molar-refractivity contribution in [3.8, 4) is 0 Å². The van der Waals surface area contributed by atoms with Crippen LogP contribution in [0.2, 0.25) is 0 Å². The molecule has 0 aliphatic carbocycles. The lowest BCUT2D eigenvalue weighted by atomic mass is 10.1. The number of amides is 1. The van der Waals surface area contributed by atoms with Gasteiger partial charge in [0.2, 0.25) is 0 Å². The van der Waals surface area contributed by atoms with Crippen LogP contribution in [-0.2, 0) is 4.74 Å². The zero-order valence-corrected chi connectivity index (χ0v) is 9.41. The monoisotopic (exact) mass is 238 g/mol. The first-order valence-corrected chi connectivity index (χ1v) is 5.61. The summed E-state index contributed by atoms with van der Waals surface area (Å²) in [7, 11) is 0. The smallest absolute Gasteiger partial charge is 0.253 e. The number of hydrogen-bond acceptors (Lipinski definition) is 3. The summed E-state index contributed by atoms with van der Waals surface area (Å²) in [6, 6.07) is 4.32. The Bertz CT molecular complexity index is 417. The number of anilines is 1. The SMILES string of the molecule is Nc1c(F)cccc1C(=O)NC1CCOCC1. The van der Waals surface area contributed by atoms with E-state index in [0.29, 0.717) is 13.2 Å². The minimum atomic E-state index is -0.565. The van der Waals surface area contributed by atoms with Gasteiger partial charge in [0, 0.05) is 19.3 Å². The molecule has 5 heteroatoms. The average Bonchev–Trinajstić information content (AvgIpc) is 2.34. The van der Waals surface area contributed by atoms with Crippen molar-refractivity contribution in [3.05, 3.63) is 29.6 Å². The molecule has 92 valence electrons. The first-order valence-electron chi connectivity index (χ1n) is 5.61. The van der Waals surface area contributed by atoms with Gasteiger partial charge in [0.15, 0.2) is 0 Å². The summed E-state index contributed by atoms with van der Waals surface area (Å²) >= 11 is 0. The number of nitrogen functional groups attached to an aromatic ring is 1. The number of nitrogens with two attached hydrogens (primary N) is 1. The summed E-state index contributed by atoms with van der Waals surface area (Å²) in [4.78, 5) is 11.9. The van der Waals surface area contributed by atoms with Crippen LogP contribution in [0.25, 0.3) is 0 Å². The molecule has 0 atom stereocenters. The molecule has 4 nitrogen and oxygen atoms in total. The number of halogens is 1. The van der Waals surface area contributed by atoms with E-state index in [2.05, 4.69) is 5.32 Å². The highest BCUT2D eigenvalue weighted by molar-refractivity contribution is 5.99. The number of para-hydroxylation sites is 1. The van der Waals surface area contributed by atoms with Gasteiger partial charge < -0.3 is 15.8 Å². The summed E-state index contributed by atoms with van der Waals surface area (Å²) < 4.78 is 18.4. The summed E-state index contributed by atoms with van der Waals surface area (Å²) in [5.41, 5.74) is 5.62. The van der Waals surface area contributed by atoms with E-state index in [9.17, 15) is 9.18 Å². The summed E-state index contributed by atoms with van der Waals surface area (Å²) in [6.07, 6.45) is 1.56. The average molecular weight is 238 g/mol. The van der Waals surface area contributed by atoms with Crippen molar-refractivity contribution in [1.29, 1.82) is 0 Å². The maximum absolute atomic E-state index is 13.2. The van der Waals surface area contributed by atoms with E-state index in [0.717, 1.165) is 12.8 Å². The molecule has 1 amide bonds. The second kappa shape index (κ2) is 5.14. The molecule has 0 saturated carbocycles. The van der Waals surface area contributed by atoms with Crippen LogP contribution in [0.3, 0.4) is 0 Å². The Morgan fingerprint density at radius 1 is 1.41 bits per heavy atom. The predicted octanol–water partition coefficient (Wildman–Crippen LogP) is 1.32. The van der Waals surface area contributed by atoms with Crippen molar-refractivity contribution in [2.24, 2.45) is 0 Å². The summed E-state index contributed by atoms with van der Waals surface area (Å²) in [5.74, 6) is -0.890. The van der Waals surface area contributed by atoms with Gasteiger partial charge in [-0.1, -0.05) is 6.07 Å². The molecule has 0 spiro atoms. The normalized spacial score (nSPS) is 16.8. The number of rotatable bonds is 2. The van der Waals surface area contributed by atoms with E-state index in [1.165, 1.54) is 18.2 Å². The van der Waals surface area contributed by atoms with E-state index in [1.807, 2.05) is 0 Å². The lowest BCUT2D eigenvalue weighted by Gasteiger charge is -2.23. The highest BCUT2D eigenvalue weighted by Crippen LogP contribution is 2.16. The minimum Gasteiger partial charge on any atom is -0.396 e. The Morgan fingerprint density at radius 2 is 2.12 bits per heavy atom. The van der Waals surface area contributed by atoms with Crippen LogP contribution in [0.4, 0.5) is 10.1 Å². The van der Waals surface area contributed by atoms with Gasteiger partial charge in [-0.2, -0.15) is 0 Å². The number of hydrogen-bond donors (Lipinski definition) is 2. The van der Waals surface area contributed by atoms with Crippen molar-refractivity contribution in [1.82, 2.24) is 5.32 Å². The maximum atomic E-state index is 13.2. The number of carbonyl (C=O) groups excluding carboxylic acids is 1. The number of ether oxygens (including phenoxy) is 1. The van der Waals surface area contributed by atoms with E-state index in [1.54, 1.807) is 0 Å². The molecule has 0 aromatic heterocycles. The second-order valence-electron chi connectivity index (χ2n) is 4.06. The van der Waals surface area contributed by atoms with Gasteiger partial charge in [0.1, 0.15) is 5.82 Å². The van der Waals surface area contributed by atoms with Crippen LogP contribution in [0.5, 0.6) is 0 Å². The van der Waals surface area contributed by atoms with Gasteiger partial charge in [-0.05, 0) is 25.0 Å². The molecule has 0 unspecified atom stereocenters. The lowest BCUT2D eigenvalue weighted by molar-refractivity contribution is 0.0697. The third-order valence-corrected chi connectivity index (χ3v) is 2.85. The van der Waals surface area contributed by atoms with Crippen molar-refractivity contribution in [3.63, 3.8) is 0 Å². The molecule has 2 rings (SSSR count). The van der Waals surface area contributed by atoms with Crippen molar-refractivity contribution < 1.29 is 13.9 Å². The van der Waals surface area contributed by atoms with Crippen LogP contribution in [0.1, 0.15) is 23.2 Å². The lowest BCUT2D eigenvalue weighted by Crippen LogP contribution is -2.39. The Balaban J connectivity index is 2.06. The van der Waals surface area contributed by atoms with Crippen LogP contribution in [0, 0.1) is 5.82 Å². The number of nitrogens with one attached hydrogen (secondary N) is 1. The second-order valence-corrected chi connectivity index (χ2v) is 4.06. The molecular formula is C12H15FN2O2. The fourth-order valence-corrected chi connectivity index (χ4v) is 1.84. The molecule has 1 aromatic rings. The van der Waals surface area contributed by atoms with Crippen molar-refractivity contribution in [2.75, 3.05) is 18.9 Å². The molecule has 1 heterocycles. The fourth-order valence-electron chi connectivity index (χ4n) is 1.84. The van der Waals surface area contributed by atoms with Crippen LogP contribution in [0.15, 0.2) is 18.2 Å². The van der Waals surface area contributed by atoms with Crippen LogP contribution >= 0.6 is 0 Å². The van der Waals surface area contributed by atoms with Crippen LogP contribution < -0.4 is 11.1 Å². The maximum Gasteiger partial charge on any atom is 0.253 e. The number of benzene rings is 1. The molecule has 1 aliphatic heterocycles. The Kier molecular flexibility index (Phi) is 3.58. The summed E-state index contributed by atoms with van der Waals surface area (Å²) in [5, 5.41) is 2.84. The van der Waals surface area contributed by atoms with Crippen molar-refractivity contribution in [2.45, 2.75) is 18.9 Å². The molecular weight excluding hydrogens is 223 g/mol. The fraction of sp³-hybridized carbons (Fsp3) is 0.417. The molecule has 1 aliphatic rings. The molecule has 1 fully saturated rings. The predicted molar refractivity (Wildman–Crippen MR) is 62.1 cm³/mol. The molecule has 1 saturated heterocycles. The third-order valence-electron chi connectivity index (χ3n) is 2.85. The van der Waals surface area contributed by atoms with Gasteiger partial charge >= 0.3 is 0 Å². The van der Waals surface area contributed by atoms with E-state index in [4.69, 9.17) is 10.5 Å². The highest BCUT2D eigenvalue weighted by Gasteiger charge is 2.19. The van der Waals surface area contributed by atoms with Gasteiger partial charge in [-0.15, -0.1) is 0 Å².